The Morgan fingerprint density at radius 3 is 2.86 bits per heavy atom. The fraction of sp³-hybridized carbons (Fsp3) is 0.235. The van der Waals surface area contributed by atoms with Crippen LogP contribution in [0, 0.1) is 0 Å². The van der Waals surface area contributed by atoms with Gasteiger partial charge in [0.15, 0.2) is 6.79 Å². The van der Waals surface area contributed by atoms with Gasteiger partial charge >= 0.3 is 0 Å². The molecule has 0 saturated heterocycles. The zero-order valence-electron chi connectivity index (χ0n) is 12.0. The third-order valence-corrected chi connectivity index (χ3v) is 3.65. The standard InChI is InChI=1S/C17H16ClNO3/c18-15-7-13(17-14(8-15)10-21-11-22-17)9-19-16(20)6-12-4-2-1-3-5-12/h1-5,7-8H,6,9-11H2,(H,19,20). The smallest absolute Gasteiger partial charge is 0.224 e. The minimum atomic E-state index is -0.0352. The molecule has 0 aromatic heterocycles. The van der Waals surface area contributed by atoms with Crippen molar-refractivity contribution in [1.29, 1.82) is 0 Å². The van der Waals surface area contributed by atoms with Gasteiger partial charge in [-0.3, -0.25) is 4.79 Å². The van der Waals surface area contributed by atoms with E-state index < -0.39 is 0 Å². The molecule has 0 atom stereocenters. The summed E-state index contributed by atoms with van der Waals surface area (Å²) in [6.07, 6.45) is 0.355. The maximum Gasteiger partial charge on any atom is 0.224 e. The summed E-state index contributed by atoms with van der Waals surface area (Å²) in [5.74, 6) is 0.725. The van der Waals surface area contributed by atoms with E-state index in [4.69, 9.17) is 21.1 Å². The lowest BCUT2D eigenvalue weighted by atomic mass is 10.1. The fourth-order valence-electron chi connectivity index (χ4n) is 2.43. The van der Waals surface area contributed by atoms with Crippen molar-refractivity contribution in [3.05, 3.63) is 64.2 Å². The maximum absolute atomic E-state index is 12.0. The molecule has 1 heterocycles. The van der Waals surface area contributed by atoms with Crippen molar-refractivity contribution in [3.8, 4) is 5.75 Å². The molecule has 22 heavy (non-hydrogen) atoms. The van der Waals surface area contributed by atoms with Gasteiger partial charge in [-0.15, -0.1) is 0 Å². The maximum atomic E-state index is 12.0. The average Bonchev–Trinajstić information content (AvgIpc) is 2.53. The molecule has 4 nitrogen and oxygen atoms in total. The van der Waals surface area contributed by atoms with Gasteiger partial charge in [-0.2, -0.15) is 0 Å². The highest BCUT2D eigenvalue weighted by Crippen LogP contribution is 2.31. The highest BCUT2D eigenvalue weighted by molar-refractivity contribution is 6.30. The van der Waals surface area contributed by atoms with Crippen LogP contribution in [0.3, 0.4) is 0 Å². The number of carbonyl (C=O) groups is 1. The van der Waals surface area contributed by atoms with E-state index in [1.807, 2.05) is 42.5 Å². The molecule has 1 amide bonds. The van der Waals surface area contributed by atoms with Crippen LogP contribution in [0.25, 0.3) is 0 Å². The van der Waals surface area contributed by atoms with Crippen LogP contribution in [0.5, 0.6) is 5.75 Å². The number of amides is 1. The van der Waals surface area contributed by atoms with Crippen LogP contribution in [0.4, 0.5) is 0 Å². The topological polar surface area (TPSA) is 47.6 Å². The first kappa shape index (κ1) is 14.9. The van der Waals surface area contributed by atoms with Crippen molar-refractivity contribution in [2.24, 2.45) is 0 Å². The summed E-state index contributed by atoms with van der Waals surface area (Å²) in [6.45, 7) is 1.08. The molecule has 0 saturated carbocycles. The molecule has 1 aliphatic rings. The zero-order chi connectivity index (χ0) is 15.4. The normalized spacial score (nSPS) is 13.1. The summed E-state index contributed by atoms with van der Waals surface area (Å²) >= 11 is 6.10. The van der Waals surface area contributed by atoms with Crippen molar-refractivity contribution in [3.63, 3.8) is 0 Å². The fourth-order valence-corrected chi connectivity index (χ4v) is 2.69. The molecule has 0 unspecified atom stereocenters. The summed E-state index contributed by atoms with van der Waals surface area (Å²) in [4.78, 5) is 12.0. The van der Waals surface area contributed by atoms with Gasteiger partial charge in [0.2, 0.25) is 5.91 Å². The molecule has 0 radical (unpaired) electrons. The molecule has 1 N–H and O–H groups in total. The molecule has 114 valence electrons. The Labute approximate surface area is 134 Å². The van der Waals surface area contributed by atoms with E-state index in [9.17, 15) is 4.79 Å². The van der Waals surface area contributed by atoms with Gasteiger partial charge in [-0.1, -0.05) is 41.9 Å². The average molecular weight is 318 g/mol. The molecule has 0 aliphatic carbocycles. The Hall–Kier alpha value is -2.04. The quantitative estimate of drug-likeness (QED) is 0.942. The summed E-state index contributed by atoms with van der Waals surface area (Å²) in [6, 6.07) is 13.3. The first-order valence-corrected chi connectivity index (χ1v) is 7.42. The molecule has 5 heteroatoms. The van der Waals surface area contributed by atoms with Crippen molar-refractivity contribution in [2.75, 3.05) is 6.79 Å². The summed E-state index contributed by atoms with van der Waals surface area (Å²) in [5.41, 5.74) is 2.76. The van der Waals surface area contributed by atoms with E-state index in [1.54, 1.807) is 0 Å². The van der Waals surface area contributed by atoms with Crippen LogP contribution in [0.1, 0.15) is 16.7 Å². The number of halogens is 1. The largest absolute Gasteiger partial charge is 0.467 e. The molecule has 0 spiro atoms. The summed E-state index contributed by atoms with van der Waals surface area (Å²) in [5, 5.41) is 3.52. The van der Waals surface area contributed by atoms with E-state index >= 15 is 0 Å². The number of ether oxygens (including phenoxy) is 2. The first-order chi connectivity index (χ1) is 10.7. The molecule has 0 fully saturated rings. The first-order valence-electron chi connectivity index (χ1n) is 7.05. The molecular weight excluding hydrogens is 302 g/mol. The lowest BCUT2D eigenvalue weighted by Crippen LogP contribution is -2.25. The molecule has 0 bridgehead atoms. The van der Waals surface area contributed by atoms with Crippen LogP contribution in [0.15, 0.2) is 42.5 Å². The monoisotopic (exact) mass is 317 g/mol. The van der Waals surface area contributed by atoms with Gasteiger partial charge < -0.3 is 14.8 Å². The second-order valence-electron chi connectivity index (χ2n) is 5.10. The Bertz CT molecular complexity index is 673. The number of nitrogens with one attached hydrogen (secondary N) is 1. The van der Waals surface area contributed by atoms with E-state index in [1.165, 1.54) is 0 Å². The number of rotatable bonds is 4. The van der Waals surface area contributed by atoms with Crippen molar-refractivity contribution < 1.29 is 14.3 Å². The van der Waals surface area contributed by atoms with Crippen molar-refractivity contribution in [1.82, 2.24) is 5.32 Å². The van der Waals surface area contributed by atoms with E-state index in [2.05, 4.69) is 5.32 Å². The number of hydrogen-bond acceptors (Lipinski definition) is 3. The predicted molar refractivity (Wildman–Crippen MR) is 83.7 cm³/mol. The SMILES string of the molecule is O=C(Cc1ccccc1)NCc1cc(Cl)cc2c1OCOC2. The van der Waals surface area contributed by atoms with Gasteiger partial charge in [0.1, 0.15) is 5.75 Å². The Kier molecular flexibility index (Phi) is 4.61. The number of carbonyl (C=O) groups excluding carboxylic acids is 1. The van der Waals surface area contributed by atoms with E-state index in [0.29, 0.717) is 24.6 Å². The highest BCUT2D eigenvalue weighted by atomic mass is 35.5. The van der Waals surface area contributed by atoms with Crippen LogP contribution >= 0.6 is 11.6 Å². The second-order valence-corrected chi connectivity index (χ2v) is 5.54. The number of benzene rings is 2. The predicted octanol–water partition coefficient (Wildman–Crippen LogP) is 3.07. The number of fused-ring (bicyclic) bond motifs is 1. The highest BCUT2D eigenvalue weighted by Gasteiger charge is 2.16. The Balaban J connectivity index is 1.66. The molecule has 2 aromatic rings. The third-order valence-electron chi connectivity index (χ3n) is 3.44. The van der Waals surface area contributed by atoms with Gasteiger partial charge in [-0.05, 0) is 17.7 Å². The van der Waals surface area contributed by atoms with Gasteiger partial charge in [0.25, 0.3) is 0 Å². The van der Waals surface area contributed by atoms with Crippen molar-refractivity contribution >= 4 is 17.5 Å². The lowest BCUT2D eigenvalue weighted by molar-refractivity contribution is -0.120. The molecule has 2 aromatic carbocycles. The molecule has 1 aliphatic heterocycles. The summed E-state index contributed by atoms with van der Waals surface area (Å²) < 4.78 is 10.8. The minimum Gasteiger partial charge on any atom is -0.467 e. The van der Waals surface area contributed by atoms with E-state index in [0.717, 1.165) is 22.4 Å². The zero-order valence-corrected chi connectivity index (χ0v) is 12.7. The number of hydrogen-bond donors (Lipinski definition) is 1. The van der Waals surface area contributed by atoms with Crippen LogP contribution in [-0.2, 0) is 29.1 Å². The lowest BCUT2D eigenvalue weighted by Gasteiger charge is -2.21. The van der Waals surface area contributed by atoms with Crippen LogP contribution in [0.2, 0.25) is 5.02 Å². The third kappa shape index (κ3) is 3.59. The molecular formula is C17H16ClNO3. The van der Waals surface area contributed by atoms with Crippen LogP contribution in [-0.4, -0.2) is 12.7 Å². The Morgan fingerprint density at radius 1 is 1.23 bits per heavy atom. The van der Waals surface area contributed by atoms with E-state index in [-0.39, 0.29) is 12.7 Å². The van der Waals surface area contributed by atoms with Gasteiger partial charge in [0.05, 0.1) is 13.0 Å². The minimum absolute atomic E-state index is 0.0352. The second kappa shape index (κ2) is 6.81. The van der Waals surface area contributed by atoms with Crippen molar-refractivity contribution in [2.45, 2.75) is 19.6 Å². The van der Waals surface area contributed by atoms with Crippen LogP contribution < -0.4 is 10.1 Å². The van der Waals surface area contributed by atoms with Gasteiger partial charge in [0, 0.05) is 22.7 Å². The Morgan fingerprint density at radius 2 is 2.05 bits per heavy atom. The summed E-state index contributed by atoms with van der Waals surface area (Å²) in [7, 11) is 0. The van der Waals surface area contributed by atoms with Gasteiger partial charge in [-0.25, -0.2) is 0 Å². The molecule has 3 rings (SSSR count).